The topological polar surface area (TPSA) is 81.2 Å². The quantitative estimate of drug-likeness (QED) is 0.562. The number of hydrogen-bond donors (Lipinski definition) is 0. The van der Waals surface area contributed by atoms with Crippen LogP contribution in [-0.2, 0) is 9.59 Å². The van der Waals surface area contributed by atoms with Crippen molar-refractivity contribution in [2.75, 3.05) is 6.67 Å². The van der Waals surface area contributed by atoms with Crippen LogP contribution in [0.3, 0.4) is 0 Å². The van der Waals surface area contributed by atoms with Crippen LogP contribution >= 0.6 is 23.6 Å². The summed E-state index contributed by atoms with van der Waals surface area (Å²) in [6, 6.07) is -1.59. The van der Waals surface area contributed by atoms with Gasteiger partial charge in [0.25, 0.3) is 11.8 Å². The molecule has 0 atom stereocenters. The molecule has 0 N–H and O–H groups in total. The average Bonchev–Trinajstić information content (AvgIpc) is 2.64. The normalized spacial score (nSPS) is 24.7. The van der Waals surface area contributed by atoms with Crippen molar-refractivity contribution < 1.29 is 19.2 Å². The molecule has 2 saturated heterocycles. The number of imide groups is 2. The maximum atomic E-state index is 12.2. The van der Waals surface area contributed by atoms with Gasteiger partial charge < -0.3 is 0 Å². The van der Waals surface area contributed by atoms with Crippen LogP contribution in [0.25, 0.3) is 0 Å². The van der Waals surface area contributed by atoms with E-state index in [0.717, 1.165) is 18.6 Å². The summed E-state index contributed by atoms with van der Waals surface area (Å²) >= 11 is 11.6. The standard InChI is InChI=1S/C11H14Cl2N4O4/c1-10(2)6(18)14(8(20)16(10)12)5-15-7(19)11(3,4)17(13)9(15)21/h5H2,1-4H3. The number of carbonyl (C=O) groups is 4. The van der Waals surface area contributed by atoms with E-state index in [2.05, 4.69) is 0 Å². The molecule has 0 aliphatic carbocycles. The molecule has 10 heteroatoms. The molecular weight excluding hydrogens is 323 g/mol. The lowest BCUT2D eigenvalue weighted by atomic mass is 10.1. The molecule has 0 spiro atoms. The van der Waals surface area contributed by atoms with Gasteiger partial charge in [-0.15, -0.1) is 0 Å². The summed E-state index contributed by atoms with van der Waals surface area (Å²) in [7, 11) is 0. The molecule has 8 nitrogen and oxygen atoms in total. The summed E-state index contributed by atoms with van der Waals surface area (Å²) in [5.41, 5.74) is -2.50. The molecule has 2 aliphatic heterocycles. The first-order valence-corrected chi connectivity index (χ1v) is 6.75. The lowest BCUT2D eigenvalue weighted by molar-refractivity contribution is -0.136. The average molecular weight is 337 g/mol. The minimum Gasteiger partial charge on any atom is -0.272 e. The highest BCUT2D eigenvalue weighted by Crippen LogP contribution is 2.33. The zero-order chi connectivity index (χ0) is 16.3. The van der Waals surface area contributed by atoms with Crippen molar-refractivity contribution in [1.82, 2.24) is 18.6 Å². The van der Waals surface area contributed by atoms with Crippen molar-refractivity contribution in [2.45, 2.75) is 38.8 Å². The molecule has 2 fully saturated rings. The maximum absolute atomic E-state index is 12.2. The van der Waals surface area contributed by atoms with Gasteiger partial charge in [-0.2, -0.15) is 0 Å². The minimum absolute atomic E-state index is 0.519. The Morgan fingerprint density at radius 1 is 0.762 bits per heavy atom. The Labute approximate surface area is 131 Å². The highest BCUT2D eigenvalue weighted by atomic mass is 35.5. The second-order valence-corrected chi connectivity index (χ2v) is 6.53. The predicted molar refractivity (Wildman–Crippen MR) is 72.9 cm³/mol. The molecule has 6 amide bonds. The zero-order valence-electron chi connectivity index (χ0n) is 11.9. The fraction of sp³-hybridized carbons (Fsp3) is 0.636. The van der Waals surface area contributed by atoms with E-state index < -0.39 is 41.6 Å². The maximum Gasteiger partial charge on any atom is 0.343 e. The highest BCUT2D eigenvalue weighted by molar-refractivity contribution is 6.29. The van der Waals surface area contributed by atoms with Crippen molar-refractivity contribution in [3.05, 3.63) is 0 Å². The van der Waals surface area contributed by atoms with Gasteiger partial charge in [0.05, 0.1) is 0 Å². The predicted octanol–water partition coefficient (Wildman–Crippen LogP) is 1.34. The van der Waals surface area contributed by atoms with Crippen LogP contribution in [0, 0.1) is 0 Å². The SMILES string of the molecule is CC1(C)C(=O)N(CN2C(=O)N(Cl)C(C)(C)C2=O)C(=O)N1Cl. The van der Waals surface area contributed by atoms with Crippen molar-refractivity contribution in [3.63, 3.8) is 0 Å². The summed E-state index contributed by atoms with van der Waals surface area (Å²) in [5.74, 6) is -1.21. The van der Waals surface area contributed by atoms with Gasteiger partial charge in [-0.05, 0) is 27.7 Å². The van der Waals surface area contributed by atoms with Crippen LogP contribution in [0.1, 0.15) is 27.7 Å². The van der Waals surface area contributed by atoms with E-state index in [0.29, 0.717) is 0 Å². The first kappa shape index (κ1) is 15.8. The lowest BCUT2D eigenvalue weighted by Gasteiger charge is -2.21. The van der Waals surface area contributed by atoms with E-state index in [1.807, 2.05) is 0 Å². The molecule has 0 aromatic carbocycles. The molecule has 2 aliphatic rings. The zero-order valence-corrected chi connectivity index (χ0v) is 13.4. The van der Waals surface area contributed by atoms with Gasteiger partial charge >= 0.3 is 12.1 Å². The number of urea groups is 2. The van der Waals surface area contributed by atoms with Gasteiger partial charge in [0.15, 0.2) is 0 Å². The Bertz CT molecular complexity index is 514. The molecular formula is C11H14Cl2N4O4. The van der Waals surface area contributed by atoms with E-state index >= 15 is 0 Å². The van der Waals surface area contributed by atoms with Crippen molar-refractivity contribution in [1.29, 1.82) is 0 Å². The highest BCUT2D eigenvalue weighted by Gasteiger charge is 2.56. The fourth-order valence-corrected chi connectivity index (χ4v) is 2.41. The van der Waals surface area contributed by atoms with Crippen LogP contribution in [-0.4, -0.2) is 60.3 Å². The Kier molecular flexibility index (Phi) is 3.38. The molecule has 21 heavy (non-hydrogen) atoms. The molecule has 116 valence electrons. The third-order valence-electron chi connectivity index (χ3n) is 3.60. The van der Waals surface area contributed by atoms with Crippen LogP contribution in [0.5, 0.6) is 0 Å². The van der Waals surface area contributed by atoms with Crippen molar-refractivity contribution in [2.24, 2.45) is 0 Å². The molecule has 0 bridgehead atoms. The van der Waals surface area contributed by atoms with Gasteiger partial charge in [-0.3, -0.25) is 9.59 Å². The number of hydrogen-bond acceptors (Lipinski definition) is 4. The third-order valence-corrected chi connectivity index (χ3v) is 4.73. The smallest absolute Gasteiger partial charge is 0.272 e. The largest absolute Gasteiger partial charge is 0.343 e. The first-order valence-electron chi connectivity index (χ1n) is 6.08. The number of rotatable bonds is 2. The summed E-state index contributed by atoms with van der Waals surface area (Å²) in [6.07, 6.45) is 0. The minimum atomic E-state index is -1.25. The summed E-state index contributed by atoms with van der Waals surface area (Å²) in [4.78, 5) is 49.8. The van der Waals surface area contributed by atoms with E-state index in [1.54, 1.807) is 0 Å². The summed E-state index contributed by atoms with van der Waals surface area (Å²) in [5, 5.41) is 0. The second kappa shape index (κ2) is 4.48. The van der Waals surface area contributed by atoms with Crippen LogP contribution in [0.4, 0.5) is 9.59 Å². The summed E-state index contributed by atoms with van der Waals surface area (Å²) < 4.78 is 1.48. The van der Waals surface area contributed by atoms with Gasteiger partial charge in [-0.1, -0.05) is 0 Å². The number of amides is 6. The monoisotopic (exact) mass is 336 g/mol. The van der Waals surface area contributed by atoms with Crippen molar-refractivity contribution >= 4 is 47.4 Å². The van der Waals surface area contributed by atoms with Gasteiger partial charge in [0.2, 0.25) is 0 Å². The van der Waals surface area contributed by atoms with E-state index in [9.17, 15) is 19.2 Å². The number of halogens is 2. The third kappa shape index (κ3) is 1.96. The molecule has 0 aromatic heterocycles. The van der Waals surface area contributed by atoms with Gasteiger partial charge in [-0.25, -0.2) is 28.2 Å². The lowest BCUT2D eigenvalue weighted by Crippen LogP contribution is -2.47. The second-order valence-electron chi connectivity index (χ2n) is 5.85. The molecule has 0 radical (unpaired) electrons. The molecule has 2 heterocycles. The van der Waals surface area contributed by atoms with Crippen LogP contribution in [0.15, 0.2) is 0 Å². The van der Waals surface area contributed by atoms with E-state index in [1.165, 1.54) is 27.7 Å². The summed E-state index contributed by atoms with van der Waals surface area (Å²) in [6.45, 7) is 5.34. The van der Waals surface area contributed by atoms with Gasteiger partial charge in [0.1, 0.15) is 17.7 Å². The Morgan fingerprint density at radius 3 is 1.24 bits per heavy atom. The number of carbonyl (C=O) groups excluding carboxylic acids is 4. The van der Waals surface area contributed by atoms with Gasteiger partial charge in [0, 0.05) is 23.6 Å². The molecule has 0 saturated carbocycles. The fourth-order valence-electron chi connectivity index (χ4n) is 2.08. The van der Waals surface area contributed by atoms with E-state index in [4.69, 9.17) is 23.6 Å². The van der Waals surface area contributed by atoms with Crippen LogP contribution in [0.2, 0.25) is 0 Å². The van der Waals surface area contributed by atoms with Crippen LogP contribution < -0.4 is 0 Å². The van der Waals surface area contributed by atoms with E-state index in [-0.39, 0.29) is 0 Å². The van der Waals surface area contributed by atoms with Crippen molar-refractivity contribution in [3.8, 4) is 0 Å². The molecule has 2 rings (SSSR count). The Morgan fingerprint density at radius 2 is 1.05 bits per heavy atom. The number of nitrogens with zero attached hydrogens (tertiary/aromatic N) is 4. The first-order chi connectivity index (χ1) is 9.44. The Balaban J connectivity index is 2.28. The Hall–Kier alpha value is -1.54. The molecule has 0 aromatic rings. The molecule has 0 unspecified atom stereocenters.